The van der Waals surface area contributed by atoms with Crippen LogP contribution in [0.4, 0.5) is 5.69 Å². The average molecular weight is 473 g/mol. The van der Waals surface area contributed by atoms with Crippen molar-refractivity contribution < 1.29 is 17.9 Å². The largest absolute Gasteiger partial charge is 0.455 e. The first-order chi connectivity index (χ1) is 16.5. The number of carbonyl (C=O) groups is 1. The first-order valence-corrected chi connectivity index (χ1v) is 12.2. The Kier molecular flexibility index (Phi) is 7.37. The molecule has 0 heterocycles. The number of sulfonamides is 1. The molecule has 0 atom stereocenters. The van der Waals surface area contributed by atoms with E-state index in [1.54, 1.807) is 42.5 Å². The van der Waals surface area contributed by atoms with Gasteiger partial charge in [0.1, 0.15) is 5.75 Å². The summed E-state index contributed by atoms with van der Waals surface area (Å²) >= 11 is 0. The number of nitrogens with zero attached hydrogens (tertiary/aromatic N) is 1. The zero-order valence-electron chi connectivity index (χ0n) is 18.4. The molecular formula is C27H24N2O4S. The number of carbonyl (C=O) groups excluding carboxylic acids is 1. The van der Waals surface area contributed by atoms with Crippen LogP contribution in [0.2, 0.25) is 0 Å². The number of hydrogen-bond donors (Lipinski definition) is 1. The van der Waals surface area contributed by atoms with E-state index in [-0.39, 0.29) is 18.0 Å². The second-order valence-electron chi connectivity index (χ2n) is 7.53. The Morgan fingerprint density at radius 2 is 1.29 bits per heavy atom. The van der Waals surface area contributed by atoms with Crippen LogP contribution in [0.3, 0.4) is 0 Å². The zero-order chi connectivity index (χ0) is 23.8. The quantitative estimate of drug-likeness (QED) is 0.358. The molecule has 34 heavy (non-hydrogen) atoms. The van der Waals surface area contributed by atoms with Gasteiger partial charge >= 0.3 is 0 Å². The van der Waals surface area contributed by atoms with Crippen LogP contribution in [0.25, 0.3) is 0 Å². The van der Waals surface area contributed by atoms with Gasteiger partial charge in [0.15, 0.2) is 5.75 Å². The Labute approximate surface area is 199 Å². The van der Waals surface area contributed by atoms with Crippen molar-refractivity contribution in [1.29, 1.82) is 0 Å². The summed E-state index contributed by atoms with van der Waals surface area (Å²) in [7, 11) is -3.90. The second-order valence-corrected chi connectivity index (χ2v) is 9.47. The predicted octanol–water partition coefficient (Wildman–Crippen LogP) is 5.31. The van der Waals surface area contributed by atoms with Gasteiger partial charge in [0, 0.05) is 6.54 Å². The summed E-state index contributed by atoms with van der Waals surface area (Å²) < 4.78 is 33.8. The fraction of sp³-hybridized carbons (Fsp3) is 0.0741. The Morgan fingerprint density at radius 3 is 1.97 bits per heavy atom. The molecule has 0 aliphatic carbocycles. The van der Waals surface area contributed by atoms with Crippen molar-refractivity contribution in [1.82, 2.24) is 4.31 Å². The third-order valence-corrected chi connectivity index (χ3v) is 6.84. The molecule has 0 fully saturated rings. The monoisotopic (exact) mass is 472 g/mol. The summed E-state index contributed by atoms with van der Waals surface area (Å²) in [5.74, 6) is 0.615. The average Bonchev–Trinajstić information content (AvgIpc) is 2.87. The molecule has 4 aromatic rings. The summed E-state index contributed by atoms with van der Waals surface area (Å²) in [6.45, 7) is -0.292. The van der Waals surface area contributed by atoms with Crippen molar-refractivity contribution in [2.75, 3.05) is 11.9 Å². The molecule has 4 rings (SSSR count). The van der Waals surface area contributed by atoms with Gasteiger partial charge in [0.25, 0.3) is 0 Å². The molecule has 0 saturated heterocycles. The maximum Gasteiger partial charge on any atom is 0.243 e. The Balaban J connectivity index is 1.56. The van der Waals surface area contributed by atoms with Gasteiger partial charge in [-0.05, 0) is 42.0 Å². The molecule has 6 nitrogen and oxygen atoms in total. The second kappa shape index (κ2) is 10.8. The van der Waals surface area contributed by atoms with E-state index in [9.17, 15) is 13.2 Å². The molecule has 0 aliphatic heterocycles. The van der Waals surface area contributed by atoms with Crippen LogP contribution in [-0.4, -0.2) is 25.2 Å². The number of benzene rings is 4. The van der Waals surface area contributed by atoms with Gasteiger partial charge in [-0.2, -0.15) is 4.31 Å². The number of rotatable bonds is 9. The summed E-state index contributed by atoms with van der Waals surface area (Å²) in [6, 6.07) is 33.5. The standard InChI is InChI=1S/C27H24N2O4S/c30-27(28-25-18-10-11-19-26(25)33-23-14-6-2-7-15-23)21-29(20-22-12-4-1-5-13-22)34(31,32)24-16-8-3-9-17-24/h1-19H,20-21H2,(H,28,30). The van der Waals surface area contributed by atoms with Crippen molar-refractivity contribution in [3.63, 3.8) is 0 Å². The lowest BCUT2D eigenvalue weighted by molar-refractivity contribution is -0.116. The number of ether oxygens (including phenoxy) is 1. The van der Waals surface area contributed by atoms with E-state index in [2.05, 4.69) is 5.32 Å². The van der Waals surface area contributed by atoms with E-state index in [1.807, 2.05) is 60.7 Å². The number of para-hydroxylation sites is 3. The minimum absolute atomic E-state index is 0.0631. The van der Waals surface area contributed by atoms with Gasteiger partial charge in [0.2, 0.25) is 15.9 Å². The van der Waals surface area contributed by atoms with Gasteiger partial charge < -0.3 is 10.1 Å². The highest BCUT2D eigenvalue weighted by Crippen LogP contribution is 2.29. The molecule has 0 spiro atoms. The molecule has 1 N–H and O–H groups in total. The van der Waals surface area contributed by atoms with E-state index in [0.717, 1.165) is 5.56 Å². The predicted molar refractivity (Wildman–Crippen MR) is 132 cm³/mol. The smallest absolute Gasteiger partial charge is 0.243 e. The minimum Gasteiger partial charge on any atom is -0.455 e. The van der Waals surface area contributed by atoms with Crippen molar-refractivity contribution >= 4 is 21.6 Å². The topological polar surface area (TPSA) is 75.7 Å². The third kappa shape index (κ3) is 5.89. The molecule has 0 saturated carbocycles. The fourth-order valence-electron chi connectivity index (χ4n) is 3.38. The first-order valence-electron chi connectivity index (χ1n) is 10.7. The van der Waals surface area contributed by atoms with Gasteiger partial charge in [-0.1, -0.05) is 78.9 Å². The SMILES string of the molecule is O=C(CN(Cc1ccccc1)S(=O)(=O)c1ccccc1)Nc1ccccc1Oc1ccccc1. The number of amides is 1. The van der Waals surface area contributed by atoms with Crippen LogP contribution < -0.4 is 10.1 Å². The highest BCUT2D eigenvalue weighted by Gasteiger charge is 2.27. The number of nitrogens with one attached hydrogen (secondary N) is 1. The highest BCUT2D eigenvalue weighted by molar-refractivity contribution is 7.89. The van der Waals surface area contributed by atoms with Crippen LogP contribution in [0.1, 0.15) is 5.56 Å². The lowest BCUT2D eigenvalue weighted by Gasteiger charge is -2.22. The zero-order valence-corrected chi connectivity index (χ0v) is 19.2. The van der Waals surface area contributed by atoms with E-state index in [0.29, 0.717) is 17.2 Å². The summed E-state index contributed by atoms with van der Waals surface area (Å²) in [5, 5.41) is 2.80. The van der Waals surface area contributed by atoms with E-state index < -0.39 is 15.9 Å². The van der Waals surface area contributed by atoms with Gasteiger partial charge in [-0.15, -0.1) is 0 Å². The Hall–Kier alpha value is -3.94. The van der Waals surface area contributed by atoms with Crippen LogP contribution in [0, 0.1) is 0 Å². The molecule has 1 amide bonds. The lowest BCUT2D eigenvalue weighted by atomic mass is 10.2. The summed E-state index contributed by atoms with van der Waals surface area (Å²) in [6.07, 6.45) is 0. The van der Waals surface area contributed by atoms with E-state index in [1.165, 1.54) is 16.4 Å². The minimum atomic E-state index is -3.90. The van der Waals surface area contributed by atoms with Gasteiger partial charge in [-0.3, -0.25) is 4.79 Å². The molecule has 0 radical (unpaired) electrons. The van der Waals surface area contributed by atoms with Crippen molar-refractivity contribution in [3.05, 3.63) is 121 Å². The van der Waals surface area contributed by atoms with Crippen molar-refractivity contribution in [3.8, 4) is 11.5 Å². The van der Waals surface area contributed by atoms with Crippen molar-refractivity contribution in [2.45, 2.75) is 11.4 Å². The summed E-state index contributed by atoms with van der Waals surface area (Å²) in [4.78, 5) is 13.2. The summed E-state index contributed by atoms with van der Waals surface area (Å²) in [5.41, 5.74) is 1.23. The molecule has 0 aromatic heterocycles. The Bertz CT molecular complexity index is 1330. The molecule has 0 unspecified atom stereocenters. The first kappa shape index (κ1) is 23.2. The van der Waals surface area contributed by atoms with E-state index >= 15 is 0 Å². The maximum atomic E-state index is 13.4. The maximum absolute atomic E-state index is 13.4. The Morgan fingerprint density at radius 1 is 0.735 bits per heavy atom. The molecule has 4 aromatic carbocycles. The van der Waals surface area contributed by atoms with E-state index in [4.69, 9.17) is 4.74 Å². The van der Waals surface area contributed by atoms with Crippen LogP contribution in [0.15, 0.2) is 120 Å². The normalized spacial score (nSPS) is 11.2. The molecular weight excluding hydrogens is 448 g/mol. The third-order valence-electron chi connectivity index (χ3n) is 5.03. The molecule has 172 valence electrons. The van der Waals surface area contributed by atoms with Crippen LogP contribution in [0.5, 0.6) is 11.5 Å². The van der Waals surface area contributed by atoms with Gasteiger partial charge in [0.05, 0.1) is 17.1 Å². The van der Waals surface area contributed by atoms with Crippen molar-refractivity contribution in [2.24, 2.45) is 0 Å². The molecule has 0 aliphatic rings. The number of hydrogen-bond acceptors (Lipinski definition) is 4. The van der Waals surface area contributed by atoms with Crippen LogP contribution >= 0.6 is 0 Å². The lowest BCUT2D eigenvalue weighted by Crippen LogP contribution is -2.37. The molecule has 0 bridgehead atoms. The molecule has 7 heteroatoms. The highest BCUT2D eigenvalue weighted by atomic mass is 32.2. The fourth-order valence-corrected chi connectivity index (χ4v) is 4.78. The number of anilines is 1. The van der Waals surface area contributed by atoms with Crippen LogP contribution in [-0.2, 0) is 21.4 Å². The van der Waals surface area contributed by atoms with Gasteiger partial charge in [-0.25, -0.2) is 8.42 Å².